The van der Waals surface area contributed by atoms with E-state index >= 15 is 0 Å². The molecule has 5 atom stereocenters. The summed E-state index contributed by atoms with van der Waals surface area (Å²) in [4.78, 5) is 12.0. The van der Waals surface area contributed by atoms with Gasteiger partial charge in [0.1, 0.15) is 11.7 Å². The van der Waals surface area contributed by atoms with Crippen LogP contribution in [-0.4, -0.2) is 40.5 Å². The van der Waals surface area contributed by atoms with E-state index in [1.807, 2.05) is 6.08 Å². The number of esters is 1. The van der Waals surface area contributed by atoms with E-state index in [2.05, 4.69) is 25.7 Å². The third kappa shape index (κ3) is 2.57. The number of carbonyl (C=O) groups is 1. The molecule has 1 saturated carbocycles. The largest absolute Gasteiger partial charge is 0.464 e. The van der Waals surface area contributed by atoms with Gasteiger partial charge in [-0.05, 0) is 37.5 Å². The zero-order valence-corrected chi connectivity index (χ0v) is 13.8. The van der Waals surface area contributed by atoms with Gasteiger partial charge in [0.15, 0.2) is 6.04 Å². The van der Waals surface area contributed by atoms with E-state index in [0.29, 0.717) is 11.6 Å². The first kappa shape index (κ1) is 17.0. The maximum Gasteiger partial charge on any atom is 0.331 e. The number of nitrogens with one attached hydrogen (secondary N) is 1. The number of aliphatic hydroxyl groups excluding tert-OH is 1. The third-order valence-corrected chi connectivity index (χ3v) is 5.37. The number of hydrogen-bond donors (Lipinski definition) is 3. The highest BCUT2D eigenvalue weighted by atomic mass is 16.5. The average Bonchev–Trinajstić information content (AvgIpc) is 2.44. The van der Waals surface area contributed by atoms with E-state index < -0.39 is 23.7 Å². The Hall–Kier alpha value is -1.33. The summed E-state index contributed by atoms with van der Waals surface area (Å²) in [5, 5.41) is 23.9. The summed E-state index contributed by atoms with van der Waals surface area (Å²) in [6.45, 7) is 11.5. The molecule has 0 saturated heterocycles. The van der Waals surface area contributed by atoms with Gasteiger partial charge in [0, 0.05) is 5.70 Å². The monoisotopic (exact) mass is 309 g/mol. The van der Waals surface area contributed by atoms with Crippen molar-refractivity contribution < 1.29 is 19.7 Å². The van der Waals surface area contributed by atoms with Gasteiger partial charge in [-0.15, -0.1) is 6.58 Å². The van der Waals surface area contributed by atoms with Crippen LogP contribution in [-0.2, 0) is 9.53 Å². The topological polar surface area (TPSA) is 78.8 Å². The van der Waals surface area contributed by atoms with Gasteiger partial charge >= 0.3 is 5.97 Å². The fourth-order valence-electron chi connectivity index (χ4n) is 3.77. The molecule has 0 radical (unpaired) electrons. The van der Waals surface area contributed by atoms with E-state index in [0.717, 1.165) is 6.42 Å². The van der Waals surface area contributed by atoms with Crippen LogP contribution in [0.4, 0.5) is 0 Å². The van der Waals surface area contributed by atoms with Crippen LogP contribution in [0.1, 0.15) is 34.1 Å². The minimum absolute atomic E-state index is 0.0468. The lowest BCUT2D eigenvalue weighted by atomic mass is 9.46. The zero-order valence-electron chi connectivity index (χ0n) is 13.8. The number of ether oxygens (including phenoxy) is 1. The van der Waals surface area contributed by atoms with Crippen molar-refractivity contribution >= 4 is 5.97 Å². The first-order valence-corrected chi connectivity index (χ1v) is 7.84. The summed E-state index contributed by atoms with van der Waals surface area (Å²) in [6.07, 6.45) is 3.14. The van der Waals surface area contributed by atoms with Crippen molar-refractivity contribution in [3.05, 3.63) is 24.4 Å². The van der Waals surface area contributed by atoms with E-state index in [9.17, 15) is 15.0 Å². The summed E-state index contributed by atoms with van der Waals surface area (Å²) < 4.78 is 5.00. The van der Waals surface area contributed by atoms with E-state index in [-0.39, 0.29) is 17.9 Å². The van der Waals surface area contributed by atoms with E-state index in [1.165, 1.54) is 6.08 Å². The first-order valence-electron chi connectivity index (χ1n) is 7.84. The summed E-state index contributed by atoms with van der Waals surface area (Å²) in [5.41, 5.74) is -0.415. The Bertz CT molecular complexity index is 495. The molecule has 5 nitrogen and oxygen atoms in total. The number of rotatable bonds is 6. The van der Waals surface area contributed by atoms with Crippen LogP contribution in [0.2, 0.25) is 0 Å². The van der Waals surface area contributed by atoms with Gasteiger partial charge in [0.05, 0.1) is 6.61 Å². The molecule has 0 amide bonds. The Morgan fingerprint density at radius 3 is 2.68 bits per heavy atom. The maximum atomic E-state index is 12.0. The molecule has 3 aliphatic rings. The molecule has 5 heteroatoms. The smallest absolute Gasteiger partial charge is 0.331 e. The zero-order chi connectivity index (χ0) is 16.7. The number of fused-ring (bicyclic) bond motifs is 1. The molecule has 1 fully saturated rings. The van der Waals surface area contributed by atoms with Crippen LogP contribution < -0.4 is 5.32 Å². The number of aliphatic hydroxyl groups is 2. The standard InChI is InChI=1S/C17H27NO4/c1-6-11(19)14(15(20)22-7-2)18-13-9-10-8-12(16(10,3)4)17(13,5)21/h6,9-12,14,18-19,21H,1,7-8H2,2-5H3/t10?,11-,12?,14-,17-/m1/s1. The molecule has 0 aliphatic heterocycles. The molecular formula is C17H27NO4. The van der Waals surface area contributed by atoms with Crippen molar-refractivity contribution in [3.63, 3.8) is 0 Å². The lowest BCUT2D eigenvalue weighted by Gasteiger charge is -2.61. The Labute approximate surface area is 132 Å². The van der Waals surface area contributed by atoms with Gasteiger partial charge in [0.25, 0.3) is 0 Å². The molecule has 3 N–H and O–H groups in total. The van der Waals surface area contributed by atoms with Crippen molar-refractivity contribution in [3.8, 4) is 0 Å². The Morgan fingerprint density at radius 2 is 2.23 bits per heavy atom. The molecule has 0 heterocycles. The highest BCUT2D eigenvalue weighted by molar-refractivity contribution is 5.77. The first-order chi connectivity index (χ1) is 10.2. The number of allylic oxidation sites excluding steroid dienone is 1. The molecule has 0 spiro atoms. The molecule has 0 aromatic rings. The van der Waals surface area contributed by atoms with Crippen molar-refractivity contribution in [1.82, 2.24) is 5.32 Å². The van der Waals surface area contributed by atoms with Gasteiger partial charge < -0.3 is 20.3 Å². The van der Waals surface area contributed by atoms with Crippen LogP contribution >= 0.6 is 0 Å². The summed E-state index contributed by atoms with van der Waals surface area (Å²) in [7, 11) is 0. The molecular weight excluding hydrogens is 282 g/mol. The molecule has 3 rings (SSSR count). The Kier molecular flexibility index (Phi) is 4.42. The minimum Gasteiger partial charge on any atom is -0.464 e. The third-order valence-electron chi connectivity index (χ3n) is 5.37. The van der Waals surface area contributed by atoms with Crippen LogP contribution in [0.5, 0.6) is 0 Å². The van der Waals surface area contributed by atoms with Crippen molar-refractivity contribution in [2.24, 2.45) is 17.3 Å². The second kappa shape index (κ2) is 5.70. The highest BCUT2D eigenvalue weighted by Gasteiger charge is 2.59. The van der Waals surface area contributed by atoms with E-state index in [4.69, 9.17) is 4.74 Å². The SMILES string of the molecule is C=C[C@@H](O)[C@@H](NC1=CC2CC(C2(C)C)[C@@]1(C)O)C(=O)OCC. The van der Waals surface area contributed by atoms with Gasteiger partial charge in [0.2, 0.25) is 0 Å². The molecule has 0 aromatic carbocycles. The van der Waals surface area contributed by atoms with Gasteiger partial charge in [-0.2, -0.15) is 0 Å². The quantitative estimate of drug-likeness (QED) is 0.510. The summed E-state index contributed by atoms with van der Waals surface area (Å²) in [6, 6.07) is -0.962. The van der Waals surface area contributed by atoms with Crippen LogP contribution in [0.3, 0.4) is 0 Å². The molecule has 124 valence electrons. The lowest BCUT2D eigenvalue weighted by molar-refractivity contribution is -0.150. The average molecular weight is 309 g/mol. The fourth-order valence-corrected chi connectivity index (χ4v) is 3.77. The minimum atomic E-state index is -1.08. The van der Waals surface area contributed by atoms with Crippen LogP contribution in [0, 0.1) is 17.3 Å². The second-order valence-electron chi connectivity index (χ2n) is 7.04. The maximum absolute atomic E-state index is 12.0. The lowest BCUT2D eigenvalue weighted by Crippen LogP contribution is -2.63. The van der Waals surface area contributed by atoms with Gasteiger partial charge in [-0.25, -0.2) is 4.79 Å². The predicted octanol–water partition coefficient (Wildman–Crippen LogP) is 1.37. The molecule has 22 heavy (non-hydrogen) atoms. The summed E-state index contributed by atoms with van der Waals surface area (Å²) >= 11 is 0. The van der Waals surface area contributed by atoms with Crippen molar-refractivity contribution in [2.45, 2.75) is 51.9 Å². The highest BCUT2D eigenvalue weighted by Crippen LogP contribution is 2.61. The number of carbonyl (C=O) groups excluding carboxylic acids is 1. The molecule has 0 aromatic heterocycles. The summed E-state index contributed by atoms with van der Waals surface area (Å²) in [5.74, 6) is -0.0599. The molecule has 3 aliphatic carbocycles. The van der Waals surface area contributed by atoms with Crippen molar-refractivity contribution in [1.29, 1.82) is 0 Å². The second-order valence-corrected chi connectivity index (χ2v) is 7.04. The van der Waals surface area contributed by atoms with Crippen molar-refractivity contribution in [2.75, 3.05) is 6.61 Å². The Morgan fingerprint density at radius 1 is 1.59 bits per heavy atom. The van der Waals surface area contributed by atoms with Crippen LogP contribution in [0.25, 0.3) is 0 Å². The molecule has 2 bridgehead atoms. The normalized spacial score (nSPS) is 34.7. The fraction of sp³-hybridized carbons (Fsp3) is 0.706. The predicted molar refractivity (Wildman–Crippen MR) is 83.8 cm³/mol. The van der Waals surface area contributed by atoms with E-state index in [1.54, 1.807) is 13.8 Å². The number of hydrogen-bond acceptors (Lipinski definition) is 5. The Balaban J connectivity index is 2.23. The van der Waals surface area contributed by atoms with Gasteiger partial charge in [-0.1, -0.05) is 26.0 Å². The van der Waals surface area contributed by atoms with Crippen LogP contribution in [0.15, 0.2) is 24.4 Å². The van der Waals surface area contributed by atoms with Gasteiger partial charge in [-0.3, -0.25) is 0 Å². The molecule has 2 unspecified atom stereocenters.